The van der Waals surface area contributed by atoms with Crippen LogP contribution in [0.2, 0.25) is 0 Å². The minimum absolute atomic E-state index is 1.02. The molecule has 0 saturated heterocycles. The molecule has 0 atom stereocenters. The average Bonchev–Trinajstić information content (AvgIpc) is 2.50. The van der Waals surface area contributed by atoms with Gasteiger partial charge in [0.05, 0.1) is 5.57 Å². The fourth-order valence-corrected chi connectivity index (χ4v) is 2.33. The van der Waals surface area contributed by atoms with Gasteiger partial charge >= 0.3 is 0 Å². The quantitative estimate of drug-likeness (QED) is 0.631. The van der Waals surface area contributed by atoms with Crippen LogP contribution in [0.15, 0.2) is 84.0 Å². The number of allylic oxidation sites excluding steroid dienone is 10. The first-order chi connectivity index (χ1) is 9.90. The predicted octanol–water partition coefficient (Wildman–Crippen LogP) is 5.30. The van der Waals surface area contributed by atoms with E-state index in [1.54, 1.807) is 0 Å². The summed E-state index contributed by atoms with van der Waals surface area (Å²) in [6, 6.07) is 8.64. The molecule has 0 heterocycles. The Morgan fingerprint density at radius 3 is 2.50 bits per heavy atom. The van der Waals surface area contributed by atoms with Crippen LogP contribution in [-0.4, -0.2) is 0 Å². The molecule has 0 nitrogen and oxygen atoms in total. The van der Waals surface area contributed by atoms with E-state index in [0.29, 0.717) is 0 Å². The van der Waals surface area contributed by atoms with Crippen molar-refractivity contribution in [2.45, 2.75) is 6.42 Å². The van der Waals surface area contributed by atoms with Crippen molar-refractivity contribution in [3.8, 4) is 0 Å². The van der Waals surface area contributed by atoms with E-state index in [1.165, 1.54) is 22.3 Å². The molecule has 96 valence electrons. The molecule has 0 heteroatoms. The molecule has 0 radical (unpaired) electrons. The average molecular weight is 257 g/mol. The van der Waals surface area contributed by atoms with Crippen molar-refractivity contribution in [2.24, 2.45) is 0 Å². The van der Waals surface area contributed by atoms with E-state index < -0.39 is 0 Å². The Hall–Kier alpha value is -2.47. The van der Waals surface area contributed by atoms with Gasteiger partial charge < -0.3 is 0 Å². The van der Waals surface area contributed by atoms with E-state index in [1.807, 2.05) is 6.08 Å². The van der Waals surface area contributed by atoms with Crippen LogP contribution in [0.5, 0.6) is 0 Å². The number of hydrogen-bond donors (Lipinski definition) is 0. The van der Waals surface area contributed by atoms with Crippen molar-refractivity contribution in [2.75, 3.05) is 0 Å². The second-order valence-corrected chi connectivity index (χ2v) is 4.94. The summed E-state index contributed by atoms with van der Waals surface area (Å²) in [5, 5.41) is 0. The minimum Gasteiger partial charge on any atom is -0.0801 e. The monoisotopic (exact) mass is 257 g/mol. The standard InChI is InChI=1S/C20H17/c1-3-8-17(9-4-1)14-19-12-7-13-20(16-19)15-18-10-5-2-6-11-18/h1-10,12-16H,11H2/q+1. The summed E-state index contributed by atoms with van der Waals surface area (Å²) in [5.74, 6) is 0. The first kappa shape index (κ1) is 12.6. The second kappa shape index (κ2) is 6.12. The molecule has 0 fully saturated rings. The Morgan fingerprint density at radius 2 is 1.75 bits per heavy atom. The molecule has 20 heavy (non-hydrogen) atoms. The Kier molecular flexibility index (Phi) is 3.84. The summed E-state index contributed by atoms with van der Waals surface area (Å²) in [6.45, 7) is 0. The van der Waals surface area contributed by atoms with E-state index >= 15 is 0 Å². The van der Waals surface area contributed by atoms with E-state index in [9.17, 15) is 0 Å². The van der Waals surface area contributed by atoms with Crippen molar-refractivity contribution in [3.05, 3.63) is 102 Å². The molecule has 0 aliphatic heterocycles. The van der Waals surface area contributed by atoms with Crippen LogP contribution < -0.4 is 0 Å². The highest BCUT2D eigenvalue weighted by Crippen LogP contribution is 2.19. The molecule has 2 aliphatic carbocycles. The van der Waals surface area contributed by atoms with Gasteiger partial charge in [0.2, 0.25) is 0 Å². The zero-order chi connectivity index (χ0) is 13.6. The first-order valence-corrected chi connectivity index (χ1v) is 6.94. The second-order valence-electron chi connectivity index (χ2n) is 4.94. The SMILES string of the molecule is C1=C[CH+]C(=Cc2cccc(C=C3C=CC=CC3)c2)C=C1. The van der Waals surface area contributed by atoms with Crippen molar-refractivity contribution < 1.29 is 0 Å². The maximum absolute atomic E-state index is 2.25. The first-order valence-electron chi connectivity index (χ1n) is 6.94. The number of rotatable bonds is 2. The van der Waals surface area contributed by atoms with Crippen LogP contribution in [0.1, 0.15) is 17.5 Å². The third-order valence-electron chi connectivity index (χ3n) is 3.31. The van der Waals surface area contributed by atoms with E-state index in [4.69, 9.17) is 0 Å². The zero-order valence-electron chi connectivity index (χ0n) is 11.4. The van der Waals surface area contributed by atoms with Gasteiger partial charge in [-0.15, -0.1) is 0 Å². The fourth-order valence-electron chi connectivity index (χ4n) is 2.33. The van der Waals surface area contributed by atoms with Gasteiger partial charge in [0.1, 0.15) is 0 Å². The molecule has 0 N–H and O–H groups in total. The normalized spacial score (nSPS) is 20.6. The van der Waals surface area contributed by atoms with Crippen LogP contribution in [0.3, 0.4) is 0 Å². The van der Waals surface area contributed by atoms with Gasteiger partial charge in [0.15, 0.2) is 0 Å². The maximum atomic E-state index is 2.25. The molecule has 3 rings (SSSR count). The van der Waals surface area contributed by atoms with Gasteiger partial charge in [-0.1, -0.05) is 42.5 Å². The Bertz CT molecular complexity index is 606. The van der Waals surface area contributed by atoms with Gasteiger partial charge in [-0.3, -0.25) is 0 Å². The number of benzene rings is 1. The fraction of sp³-hybridized carbons (Fsp3) is 0.0500. The molecule has 1 aromatic rings. The van der Waals surface area contributed by atoms with Gasteiger partial charge in [-0.05, 0) is 29.7 Å². The van der Waals surface area contributed by atoms with E-state index in [0.717, 1.165) is 6.42 Å². The smallest absolute Gasteiger partial charge is 0.0801 e. The highest BCUT2D eigenvalue weighted by atomic mass is 14.0. The molecule has 0 aromatic heterocycles. The van der Waals surface area contributed by atoms with Crippen LogP contribution in [-0.2, 0) is 0 Å². The Morgan fingerprint density at radius 1 is 0.900 bits per heavy atom. The van der Waals surface area contributed by atoms with Crippen molar-refractivity contribution >= 4 is 12.2 Å². The third-order valence-corrected chi connectivity index (χ3v) is 3.31. The lowest BCUT2D eigenvalue weighted by Crippen LogP contribution is -1.84. The summed E-state index contributed by atoms with van der Waals surface area (Å²) < 4.78 is 0. The van der Waals surface area contributed by atoms with Crippen LogP contribution in [0, 0.1) is 6.42 Å². The molecule has 0 unspecified atom stereocenters. The zero-order valence-corrected chi connectivity index (χ0v) is 11.4. The van der Waals surface area contributed by atoms with Crippen LogP contribution in [0.4, 0.5) is 0 Å². The lowest BCUT2D eigenvalue weighted by atomic mass is 10.0. The van der Waals surface area contributed by atoms with Crippen LogP contribution >= 0.6 is 0 Å². The topological polar surface area (TPSA) is 0 Å². The van der Waals surface area contributed by atoms with E-state index in [2.05, 4.69) is 85.4 Å². The third kappa shape index (κ3) is 3.30. The molecular formula is C20H17+. The molecular weight excluding hydrogens is 240 g/mol. The lowest BCUT2D eigenvalue weighted by molar-refractivity contribution is 1.28. The highest BCUT2D eigenvalue weighted by molar-refractivity contribution is 5.65. The number of hydrogen-bond acceptors (Lipinski definition) is 0. The summed E-state index contributed by atoms with van der Waals surface area (Å²) in [5.41, 5.74) is 5.08. The summed E-state index contributed by atoms with van der Waals surface area (Å²) in [4.78, 5) is 0. The van der Waals surface area contributed by atoms with Crippen molar-refractivity contribution in [3.63, 3.8) is 0 Å². The van der Waals surface area contributed by atoms with Gasteiger partial charge in [-0.2, -0.15) is 0 Å². The van der Waals surface area contributed by atoms with E-state index in [-0.39, 0.29) is 0 Å². The lowest BCUT2D eigenvalue weighted by Gasteiger charge is -2.03. The maximum Gasteiger partial charge on any atom is 0.0967 e. The summed E-state index contributed by atoms with van der Waals surface area (Å²) in [6.07, 6.45) is 24.4. The molecule has 0 bridgehead atoms. The molecule has 1 aromatic carbocycles. The van der Waals surface area contributed by atoms with Crippen molar-refractivity contribution in [1.82, 2.24) is 0 Å². The van der Waals surface area contributed by atoms with Crippen molar-refractivity contribution in [1.29, 1.82) is 0 Å². The van der Waals surface area contributed by atoms with Crippen LogP contribution in [0.25, 0.3) is 12.2 Å². The summed E-state index contributed by atoms with van der Waals surface area (Å²) in [7, 11) is 0. The Labute approximate surface area is 120 Å². The largest absolute Gasteiger partial charge is 0.0967 e. The predicted molar refractivity (Wildman–Crippen MR) is 87.9 cm³/mol. The molecule has 0 saturated carbocycles. The van der Waals surface area contributed by atoms with Gasteiger partial charge in [0.25, 0.3) is 0 Å². The van der Waals surface area contributed by atoms with Gasteiger partial charge in [0, 0.05) is 42.4 Å². The van der Waals surface area contributed by atoms with Gasteiger partial charge in [-0.25, -0.2) is 0 Å². The molecule has 2 aliphatic rings. The molecule has 0 spiro atoms. The summed E-state index contributed by atoms with van der Waals surface area (Å²) >= 11 is 0. The minimum atomic E-state index is 1.02. The highest BCUT2D eigenvalue weighted by Gasteiger charge is 2.03. The molecule has 0 amide bonds. The Balaban J connectivity index is 1.83.